The molecule has 1 aromatic rings. The summed E-state index contributed by atoms with van der Waals surface area (Å²) < 4.78 is 10.5. The molecule has 0 aromatic heterocycles. The highest BCUT2D eigenvalue weighted by Crippen LogP contribution is 2.17. The molecule has 5 nitrogen and oxygen atoms in total. The van der Waals surface area contributed by atoms with Crippen LogP contribution in [0.5, 0.6) is 11.5 Å². The van der Waals surface area contributed by atoms with Crippen molar-refractivity contribution in [1.29, 1.82) is 0 Å². The first-order valence-corrected chi connectivity index (χ1v) is 4.91. The van der Waals surface area contributed by atoms with Crippen LogP contribution in [0.1, 0.15) is 6.92 Å². The summed E-state index contributed by atoms with van der Waals surface area (Å²) in [4.78, 5) is 0. The van der Waals surface area contributed by atoms with Crippen molar-refractivity contribution in [1.82, 2.24) is 0 Å². The normalized spacial score (nSPS) is 13.2. The predicted molar refractivity (Wildman–Crippen MR) is 61.1 cm³/mol. The molecule has 1 atom stereocenters. The number of hydrogen-bond donors (Lipinski definition) is 2. The van der Waals surface area contributed by atoms with E-state index in [1.165, 1.54) is 0 Å². The number of ether oxygens (including phenoxy) is 2. The number of oxime groups is 1. The van der Waals surface area contributed by atoms with E-state index in [2.05, 4.69) is 5.16 Å². The van der Waals surface area contributed by atoms with E-state index in [1.54, 1.807) is 19.2 Å². The molecule has 1 unspecified atom stereocenters. The summed E-state index contributed by atoms with van der Waals surface area (Å²) in [6.07, 6.45) is 0. The van der Waals surface area contributed by atoms with Gasteiger partial charge in [0.15, 0.2) is 0 Å². The molecule has 0 aliphatic carbocycles. The van der Waals surface area contributed by atoms with E-state index >= 15 is 0 Å². The maximum atomic E-state index is 8.46. The number of methoxy groups -OCH3 is 1. The molecule has 0 aliphatic heterocycles. The zero-order valence-electron chi connectivity index (χ0n) is 9.38. The van der Waals surface area contributed by atoms with E-state index in [0.29, 0.717) is 6.61 Å². The van der Waals surface area contributed by atoms with Crippen LogP contribution < -0.4 is 15.2 Å². The topological polar surface area (TPSA) is 77.1 Å². The summed E-state index contributed by atoms with van der Waals surface area (Å²) in [6.45, 7) is 2.18. The number of nitrogens with zero attached hydrogens (tertiary/aromatic N) is 1. The Bertz CT molecular complexity index is 349. The summed E-state index contributed by atoms with van der Waals surface area (Å²) in [5.41, 5.74) is 5.43. The fraction of sp³-hybridized carbons (Fsp3) is 0.364. The van der Waals surface area contributed by atoms with Gasteiger partial charge in [0.1, 0.15) is 17.3 Å². The maximum absolute atomic E-state index is 8.46. The average molecular weight is 224 g/mol. The molecule has 3 N–H and O–H groups in total. The van der Waals surface area contributed by atoms with Gasteiger partial charge in [-0.1, -0.05) is 12.1 Å². The zero-order chi connectivity index (χ0) is 12.0. The van der Waals surface area contributed by atoms with Crippen molar-refractivity contribution >= 4 is 5.84 Å². The molecule has 1 aromatic carbocycles. The van der Waals surface area contributed by atoms with Crippen molar-refractivity contribution in [2.75, 3.05) is 13.7 Å². The minimum Gasteiger partial charge on any atom is -0.497 e. The summed E-state index contributed by atoms with van der Waals surface area (Å²) >= 11 is 0. The van der Waals surface area contributed by atoms with Gasteiger partial charge >= 0.3 is 0 Å². The molecule has 88 valence electrons. The van der Waals surface area contributed by atoms with Crippen molar-refractivity contribution in [2.24, 2.45) is 16.8 Å². The maximum Gasteiger partial charge on any atom is 0.145 e. The Kier molecular flexibility index (Phi) is 4.44. The third-order valence-corrected chi connectivity index (χ3v) is 2.18. The number of benzene rings is 1. The second-order valence-electron chi connectivity index (χ2n) is 3.41. The van der Waals surface area contributed by atoms with Crippen LogP contribution in [0.3, 0.4) is 0 Å². The molecule has 16 heavy (non-hydrogen) atoms. The highest BCUT2D eigenvalue weighted by Gasteiger charge is 2.08. The largest absolute Gasteiger partial charge is 0.497 e. The molecule has 0 saturated heterocycles. The molecule has 5 heteroatoms. The van der Waals surface area contributed by atoms with Gasteiger partial charge < -0.3 is 20.4 Å². The van der Waals surface area contributed by atoms with E-state index in [4.69, 9.17) is 20.4 Å². The molecule has 0 spiro atoms. The molecule has 1 rings (SSSR count). The molecule has 0 amide bonds. The van der Waals surface area contributed by atoms with Gasteiger partial charge in [-0.05, 0) is 24.3 Å². The highest BCUT2D eigenvalue weighted by atomic mass is 16.5. The lowest BCUT2D eigenvalue weighted by Crippen LogP contribution is -2.26. The van der Waals surface area contributed by atoms with Crippen LogP contribution in [0.4, 0.5) is 0 Å². The van der Waals surface area contributed by atoms with Crippen molar-refractivity contribution in [3.05, 3.63) is 24.3 Å². The van der Waals surface area contributed by atoms with Gasteiger partial charge in [0, 0.05) is 0 Å². The van der Waals surface area contributed by atoms with E-state index < -0.39 is 0 Å². The Labute approximate surface area is 94.5 Å². The fourth-order valence-corrected chi connectivity index (χ4v) is 1.08. The van der Waals surface area contributed by atoms with Gasteiger partial charge in [0.05, 0.1) is 19.6 Å². The molecule has 0 fully saturated rings. The first kappa shape index (κ1) is 12.2. The number of rotatable bonds is 5. The Morgan fingerprint density at radius 3 is 2.44 bits per heavy atom. The SMILES string of the molecule is COc1ccc(OCC(C)/C(N)=N/O)cc1. The van der Waals surface area contributed by atoms with Crippen LogP contribution in [0, 0.1) is 5.92 Å². The van der Waals surface area contributed by atoms with Gasteiger partial charge in [-0.3, -0.25) is 0 Å². The lowest BCUT2D eigenvalue weighted by atomic mass is 10.2. The Morgan fingerprint density at radius 2 is 1.94 bits per heavy atom. The van der Waals surface area contributed by atoms with Gasteiger partial charge in [0.2, 0.25) is 0 Å². The summed E-state index contributed by atoms with van der Waals surface area (Å²) in [6, 6.07) is 7.22. The first-order valence-electron chi connectivity index (χ1n) is 4.91. The third kappa shape index (κ3) is 3.34. The minimum absolute atomic E-state index is 0.132. The lowest BCUT2D eigenvalue weighted by molar-refractivity contribution is 0.279. The lowest BCUT2D eigenvalue weighted by Gasteiger charge is -2.11. The van der Waals surface area contributed by atoms with Crippen molar-refractivity contribution < 1.29 is 14.7 Å². The van der Waals surface area contributed by atoms with Gasteiger partial charge in [-0.25, -0.2) is 0 Å². The van der Waals surface area contributed by atoms with E-state index in [0.717, 1.165) is 11.5 Å². The molecule has 0 saturated carbocycles. The molecule has 0 heterocycles. The quantitative estimate of drug-likeness (QED) is 0.343. The molecule has 0 bridgehead atoms. The van der Waals surface area contributed by atoms with Crippen molar-refractivity contribution in [2.45, 2.75) is 6.92 Å². The average Bonchev–Trinajstić information content (AvgIpc) is 2.35. The summed E-state index contributed by atoms with van der Waals surface area (Å²) in [5, 5.41) is 11.4. The smallest absolute Gasteiger partial charge is 0.145 e. The Morgan fingerprint density at radius 1 is 1.38 bits per heavy atom. The van der Waals surface area contributed by atoms with E-state index in [9.17, 15) is 0 Å². The van der Waals surface area contributed by atoms with E-state index in [1.807, 2.05) is 19.1 Å². The monoisotopic (exact) mass is 224 g/mol. The summed E-state index contributed by atoms with van der Waals surface area (Å²) in [5.74, 6) is 1.52. The Hall–Kier alpha value is -1.91. The molecule has 0 aliphatic rings. The van der Waals surface area contributed by atoms with E-state index in [-0.39, 0.29) is 11.8 Å². The van der Waals surface area contributed by atoms with Gasteiger partial charge in [0.25, 0.3) is 0 Å². The first-order chi connectivity index (χ1) is 7.67. The standard InChI is InChI=1S/C11H16N2O3/c1-8(11(12)13-14)7-16-10-5-3-9(15-2)4-6-10/h3-6,8,14H,7H2,1-2H3,(H2,12,13). The highest BCUT2D eigenvalue weighted by molar-refractivity contribution is 5.81. The second kappa shape index (κ2) is 5.85. The molecule has 0 radical (unpaired) electrons. The zero-order valence-corrected chi connectivity index (χ0v) is 9.38. The molecular weight excluding hydrogens is 208 g/mol. The number of amidine groups is 1. The fourth-order valence-electron chi connectivity index (χ4n) is 1.08. The van der Waals surface area contributed by atoms with Crippen LogP contribution >= 0.6 is 0 Å². The van der Waals surface area contributed by atoms with Crippen molar-refractivity contribution in [3.63, 3.8) is 0 Å². The third-order valence-electron chi connectivity index (χ3n) is 2.18. The van der Waals surface area contributed by atoms with Crippen LogP contribution in [0.15, 0.2) is 29.4 Å². The van der Waals surface area contributed by atoms with Gasteiger partial charge in [-0.2, -0.15) is 0 Å². The molecular formula is C11H16N2O3. The van der Waals surface area contributed by atoms with Crippen LogP contribution in [-0.2, 0) is 0 Å². The minimum atomic E-state index is -0.132. The number of nitrogens with two attached hydrogens (primary N) is 1. The second-order valence-corrected chi connectivity index (χ2v) is 3.41. The summed E-state index contributed by atoms with van der Waals surface area (Å²) in [7, 11) is 1.61. The van der Waals surface area contributed by atoms with Crippen LogP contribution in [-0.4, -0.2) is 24.8 Å². The van der Waals surface area contributed by atoms with Crippen LogP contribution in [0.2, 0.25) is 0 Å². The van der Waals surface area contributed by atoms with Crippen LogP contribution in [0.25, 0.3) is 0 Å². The number of hydrogen-bond acceptors (Lipinski definition) is 4. The Balaban J connectivity index is 2.48. The van der Waals surface area contributed by atoms with Crippen molar-refractivity contribution in [3.8, 4) is 11.5 Å². The predicted octanol–water partition coefficient (Wildman–Crippen LogP) is 1.46. The van der Waals surface area contributed by atoms with Gasteiger partial charge in [-0.15, -0.1) is 0 Å².